The Morgan fingerprint density at radius 1 is 1.13 bits per heavy atom. The van der Waals surface area contributed by atoms with Crippen molar-refractivity contribution in [3.8, 4) is 11.8 Å². The van der Waals surface area contributed by atoms with E-state index in [0.717, 1.165) is 25.7 Å². The molecule has 1 atom stereocenters. The number of hydrogen-bond donors (Lipinski definition) is 1. The summed E-state index contributed by atoms with van der Waals surface area (Å²) in [6, 6.07) is 0. The van der Waals surface area contributed by atoms with Crippen LogP contribution in [-0.2, 0) is 0 Å². The van der Waals surface area contributed by atoms with Crippen LogP contribution in [0.15, 0.2) is 0 Å². The molecule has 0 heterocycles. The van der Waals surface area contributed by atoms with Gasteiger partial charge in [-0.15, -0.1) is 17.5 Å². The molecule has 0 bridgehead atoms. The van der Waals surface area contributed by atoms with Gasteiger partial charge in [-0.2, -0.15) is 0 Å². The number of aliphatic hydroxyl groups is 1. The van der Waals surface area contributed by atoms with E-state index in [1.165, 1.54) is 25.7 Å². The Kier molecular flexibility index (Phi) is 11.7. The predicted molar refractivity (Wildman–Crippen MR) is 67.1 cm³/mol. The minimum atomic E-state index is -0.429. The number of hydrogen-bond acceptors (Lipinski definition) is 1. The van der Waals surface area contributed by atoms with E-state index in [2.05, 4.69) is 18.8 Å². The summed E-state index contributed by atoms with van der Waals surface area (Å²) < 4.78 is 0. The second-order valence-corrected chi connectivity index (χ2v) is 4.21. The summed E-state index contributed by atoms with van der Waals surface area (Å²) in [5, 5.41) is 9.50. The molecule has 0 aromatic heterocycles. The summed E-state index contributed by atoms with van der Waals surface area (Å²) >= 11 is 5.52. The largest absolute Gasteiger partial charge is 0.380 e. The highest BCUT2D eigenvalue weighted by Crippen LogP contribution is 2.06. The topological polar surface area (TPSA) is 20.2 Å². The van der Waals surface area contributed by atoms with E-state index in [9.17, 15) is 5.11 Å². The number of aliphatic hydroxyl groups excluding tert-OH is 1. The van der Waals surface area contributed by atoms with Crippen molar-refractivity contribution in [3.05, 3.63) is 0 Å². The summed E-state index contributed by atoms with van der Waals surface area (Å²) in [6.07, 6.45) is 8.26. The molecule has 15 heavy (non-hydrogen) atoms. The molecular formula is C13H23ClO. The van der Waals surface area contributed by atoms with Crippen LogP contribution < -0.4 is 0 Å². The Balaban J connectivity index is 3.30. The van der Waals surface area contributed by atoms with E-state index in [1.807, 2.05) is 0 Å². The number of halogens is 1. The molecule has 0 aromatic rings. The van der Waals surface area contributed by atoms with Gasteiger partial charge in [-0.25, -0.2) is 0 Å². The highest BCUT2D eigenvalue weighted by atomic mass is 35.5. The number of unbranched alkanes of at least 4 members (excludes halogenated alkanes) is 5. The second kappa shape index (κ2) is 11.9. The zero-order valence-corrected chi connectivity index (χ0v) is 10.5. The molecule has 88 valence electrons. The maximum Gasteiger partial charge on any atom is 0.114 e. The average molecular weight is 231 g/mol. The van der Waals surface area contributed by atoms with E-state index in [0.29, 0.717) is 5.88 Å². The van der Waals surface area contributed by atoms with Gasteiger partial charge in [0, 0.05) is 12.3 Å². The van der Waals surface area contributed by atoms with Crippen LogP contribution in [0.25, 0.3) is 0 Å². The van der Waals surface area contributed by atoms with Crippen molar-refractivity contribution >= 4 is 11.6 Å². The molecule has 1 N–H and O–H groups in total. The molecule has 0 rings (SSSR count). The van der Waals surface area contributed by atoms with Crippen LogP contribution in [0.1, 0.15) is 58.3 Å². The van der Waals surface area contributed by atoms with Gasteiger partial charge in [-0.1, -0.05) is 38.5 Å². The van der Waals surface area contributed by atoms with Gasteiger partial charge in [0.1, 0.15) is 6.10 Å². The molecule has 0 saturated heterocycles. The molecule has 0 fully saturated rings. The normalized spacial score (nSPS) is 11.9. The summed E-state index contributed by atoms with van der Waals surface area (Å²) in [5.41, 5.74) is 0. The van der Waals surface area contributed by atoms with Crippen LogP contribution in [0.5, 0.6) is 0 Å². The van der Waals surface area contributed by atoms with Gasteiger partial charge in [0.2, 0.25) is 0 Å². The zero-order chi connectivity index (χ0) is 11.4. The van der Waals surface area contributed by atoms with Crippen LogP contribution in [-0.4, -0.2) is 17.1 Å². The van der Waals surface area contributed by atoms with E-state index in [1.54, 1.807) is 0 Å². The summed E-state index contributed by atoms with van der Waals surface area (Å²) in [5.74, 6) is 6.46. The molecule has 1 nitrogen and oxygen atoms in total. The van der Waals surface area contributed by atoms with Gasteiger partial charge in [0.05, 0.1) is 0 Å². The lowest BCUT2D eigenvalue weighted by Crippen LogP contribution is -2.02. The SMILES string of the molecule is CCCCCCC[C@@H](O)C#CCCCCl. The standard InChI is InChI=1S/C13H23ClO/c1-2-3-4-5-7-10-13(15)11-8-6-9-12-14/h13,15H,2-7,9-10,12H2,1H3/t13-/m1/s1. The van der Waals surface area contributed by atoms with E-state index >= 15 is 0 Å². The Morgan fingerprint density at radius 3 is 2.53 bits per heavy atom. The maximum absolute atomic E-state index is 9.50. The molecule has 2 heteroatoms. The monoisotopic (exact) mass is 230 g/mol. The minimum Gasteiger partial charge on any atom is -0.380 e. The molecule has 0 aliphatic heterocycles. The predicted octanol–water partition coefficient (Wildman–Crippen LogP) is 3.73. The highest BCUT2D eigenvalue weighted by molar-refractivity contribution is 6.17. The van der Waals surface area contributed by atoms with Crippen LogP contribution in [0, 0.1) is 11.8 Å². The maximum atomic E-state index is 9.50. The average Bonchev–Trinajstić information content (AvgIpc) is 2.24. The second-order valence-electron chi connectivity index (χ2n) is 3.83. The molecule has 0 saturated carbocycles. The van der Waals surface area contributed by atoms with Crippen LogP contribution in [0.4, 0.5) is 0 Å². The van der Waals surface area contributed by atoms with Gasteiger partial charge in [0.25, 0.3) is 0 Å². The first-order chi connectivity index (χ1) is 7.31. The van der Waals surface area contributed by atoms with Gasteiger partial charge in [-0.05, 0) is 19.3 Å². The molecule has 0 radical (unpaired) electrons. The first-order valence-corrected chi connectivity index (χ1v) is 6.57. The fourth-order valence-corrected chi connectivity index (χ4v) is 1.49. The lowest BCUT2D eigenvalue weighted by Gasteiger charge is -2.02. The van der Waals surface area contributed by atoms with Gasteiger partial charge in [-0.3, -0.25) is 0 Å². The van der Waals surface area contributed by atoms with Crippen molar-refractivity contribution in [1.29, 1.82) is 0 Å². The number of alkyl halides is 1. The van der Waals surface area contributed by atoms with E-state index < -0.39 is 6.10 Å². The third-order valence-corrected chi connectivity index (χ3v) is 2.55. The Bertz CT molecular complexity index is 181. The van der Waals surface area contributed by atoms with Gasteiger partial charge in [0.15, 0.2) is 0 Å². The lowest BCUT2D eigenvalue weighted by molar-refractivity contribution is 0.217. The first kappa shape index (κ1) is 14.8. The quantitative estimate of drug-likeness (QED) is 0.383. The molecule has 0 unspecified atom stereocenters. The molecule has 0 aromatic carbocycles. The lowest BCUT2D eigenvalue weighted by atomic mass is 10.1. The third-order valence-electron chi connectivity index (χ3n) is 2.29. The smallest absolute Gasteiger partial charge is 0.114 e. The Labute approximate surface area is 99.2 Å². The van der Waals surface area contributed by atoms with Gasteiger partial charge < -0.3 is 5.11 Å². The minimum absolute atomic E-state index is 0.429. The summed E-state index contributed by atoms with van der Waals surface area (Å²) in [4.78, 5) is 0. The molecule has 0 aliphatic rings. The van der Waals surface area contributed by atoms with Crippen molar-refractivity contribution in [1.82, 2.24) is 0 Å². The molecular weight excluding hydrogens is 208 g/mol. The van der Waals surface area contributed by atoms with Crippen LogP contribution in [0.2, 0.25) is 0 Å². The van der Waals surface area contributed by atoms with Crippen molar-refractivity contribution in [3.63, 3.8) is 0 Å². The third kappa shape index (κ3) is 11.7. The molecule has 0 amide bonds. The fourth-order valence-electron chi connectivity index (χ4n) is 1.36. The van der Waals surface area contributed by atoms with Crippen LogP contribution >= 0.6 is 11.6 Å². The van der Waals surface area contributed by atoms with Crippen molar-refractivity contribution in [2.24, 2.45) is 0 Å². The Hall–Kier alpha value is -0.190. The zero-order valence-electron chi connectivity index (χ0n) is 9.77. The fraction of sp³-hybridized carbons (Fsp3) is 0.846. The van der Waals surface area contributed by atoms with E-state index in [-0.39, 0.29) is 0 Å². The summed E-state index contributed by atoms with van der Waals surface area (Å²) in [7, 11) is 0. The van der Waals surface area contributed by atoms with E-state index in [4.69, 9.17) is 11.6 Å². The van der Waals surface area contributed by atoms with Crippen LogP contribution in [0.3, 0.4) is 0 Å². The number of rotatable bonds is 8. The van der Waals surface area contributed by atoms with Crippen molar-refractivity contribution in [2.75, 3.05) is 5.88 Å². The molecule has 0 spiro atoms. The molecule has 0 aliphatic carbocycles. The summed E-state index contributed by atoms with van der Waals surface area (Å²) in [6.45, 7) is 2.21. The first-order valence-electron chi connectivity index (χ1n) is 6.03. The van der Waals surface area contributed by atoms with Gasteiger partial charge >= 0.3 is 0 Å². The van der Waals surface area contributed by atoms with Crippen molar-refractivity contribution < 1.29 is 5.11 Å². The van der Waals surface area contributed by atoms with Crippen molar-refractivity contribution in [2.45, 2.75) is 64.4 Å². The highest BCUT2D eigenvalue weighted by Gasteiger charge is 1.97. The Morgan fingerprint density at radius 2 is 1.87 bits per heavy atom.